The fourth-order valence-electron chi connectivity index (χ4n) is 2.34. The minimum atomic E-state index is -4.55. The van der Waals surface area contributed by atoms with Gasteiger partial charge in [-0.1, -0.05) is 0 Å². The zero-order valence-electron chi connectivity index (χ0n) is 14.3. The third-order valence-electron chi connectivity index (χ3n) is 3.52. The molecule has 0 saturated carbocycles. The van der Waals surface area contributed by atoms with Gasteiger partial charge in [-0.25, -0.2) is 9.59 Å². The van der Waals surface area contributed by atoms with Crippen LogP contribution >= 0.6 is 0 Å². The van der Waals surface area contributed by atoms with Gasteiger partial charge < -0.3 is 14.5 Å². The molecule has 7 nitrogen and oxygen atoms in total. The molecule has 140 valence electrons. The summed E-state index contributed by atoms with van der Waals surface area (Å²) in [6.07, 6.45) is -3.25. The Balaban J connectivity index is 1.99. The number of amides is 2. The normalized spacial score (nSPS) is 16.6. The van der Waals surface area contributed by atoms with Gasteiger partial charge >= 0.3 is 18.3 Å². The summed E-state index contributed by atoms with van der Waals surface area (Å²) in [5.74, 6) is 0. The molecule has 1 saturated heterocycles. The highest BCUT2D eigenvalue weighted by atomic mass is 19.4. The molecule has 2 rings (SSSR count). The predicted molar refractivity (Wildman–Crippen MR) is 82.0 cm³/mol. The van der Waals surface area contributed by atoms with Crippen LogP contribution in [-0.2, 0) is 10.9 Å². The quantitative estimate of drug-likeness (QED) is 0.712. The average Bonchev–Trinajstić information content (AvgIpc) is 2.83. The van der Waals surface area contributed by atoms with Crippen molar-refractivity contribution in [2.24, 2.45) is 0 Å². The van der Waals surface area contributed by atoms with Gasteiger partial charge in [-0.05, 0) is 27.2 Å². The lowest BCUT2D eigenvalue weighted by atomic mass is 10.2. The van der Waals surface area contributed by atoms with E-state index < -0.39 is 29.5 Å². The molecule has 1 aromatic rings. The Kier molecular flexibility index (Phi) is 5.28. The van der Waals surface area contributed by atoms with E-state index in [4.69, 9.17) is 4.74 Å². The van der Waals surface area contributed by atoms with Gasteiger partial charge in [-0.3, -0.25) is 0 Å². The molecular formula is C15H21F3N4O3. The number of alkyl halides is 3. The summed E-state index contributed by atoms with van der Waals surface area (Å²) in [4.78, 5) is 27.3. The van der Waals surface area contributed by atoms with E-state index in [-0.39, 0.29) is 13.1 Å². The molecule has 0 bridgehead atoms. The minimum Gasteiger partial charge on any atom is -0.444 e. The van der Waals surface area contributed by atoms with E-state index in [1.165, 1.54) is 9.80 Å². The number of carbonyl (C=O) groups excluding carboxylic acids is 2. The zero-order valence-corrected chi connectivity index (χ0v) is 14.3. The number of rotatable bonds is 0. The molecule has 0 aliphatic carbocycles. The largest absolute Gasteiger partial charge is 0.444 e. The Bertz CT molecular complexity index is 637. The predicted octanol–water partition coefficient (Wildman–Crippen LogP) is 2.81. The van der Waals surface area contributed by atoms with Gasteiger partial charge in [0, 0.05) is 32.4 Å². The number of ether oxygens (including phenoxy) is 1. The number of halogens is 3. The fourth-order valence-corrected chi connectivity index (χ4v) is 2.34. The van der Waals surface area contributed by atoms with Crippen LogP contribution in [0.15, 0.2) is 12.4 Å². The zero-order chi connectivity index (χ0) is 18.8. The average molecular weight is 362 g/mol. The van der Waals surface area contributed by atoms with Gasteiger partial charge in [0.05, 0.1) is 11.8 Å². The molecule has 0 atom stereocenters. The molecule has 0 unspecified atom stereocenters. The molecule has 0 radical (unpaired) electrons. The van der Waals surface area contributed by atoms with E-state index in [0.717, 1.165) is 0 Å². The summed E-state index contributed by atoms with van der Waals surface area (Å²) in [7, 11) is 0. The summed E-state index contributed by atoms with van der Waals surface area (Å²) >= 11 is 0. The van der Waals surface area contributed by atoms with Gasteiger partial charge in [0.15, 0.2) is 0 Å². The van der Waals surface area contributed by atoms with E-state index in [0.29, 0.717) is 36.6 Å². The molecule has 2 amide bonds. The van der Waals surface area contributed by atoms with Crippen LogP contribution in [0.3, 0.4) is 0 Å². The number of hydrogen-bond acceptors (Lipinski definition) is 4. The number of aromatic nitrogens is 2. The Hall–Kier alpha value is -2.26. The summed E-state index contributed by atoms with van der Waals surface area (Å²) in [5, 5.41) is 3.49. The Morgan fingerprint density at radius 3 is 2.24 bits per heavy atom. The second kappa shape index (κ2) is 6.93. The lowest BCUT2D eigenvalue weighted by Gasteiger charge is -2.26. The molecule has 25 heavy (non-hydrogen) atoms. The van der Waals surface area contributed by atoms with Crippen LogP contribution in [0.1, 0.15) is 32.8 Å². The smallest absolute Gasteiger partial charge is 0.419 e. The van der Waals surface area contributed by atoms with E-state index >= 15 is 0 Å². The van der Waals surface area contributed by atoms with Crippen molar-refractivity contribution < 1.29 is 27.5 Å². The topological polar surface area (TPSA) is 67.7 Å². The molecule has 10 heteroatoms. The van der Waals surface area contributed by atoms with Crippen LogP contribution in [0.2, 0.25) is 0 Å². The van der Waals surface area contributed by atoms with Crippen LogP contribution in [-0.4, -0.2) is 63.5 Å². The summed E-state index contributed by atoms with van der Waals surface area (Å²) in [6.45, 7) is 6.44. The van der Waals surface area contributed by atoms with Gasteiger partial charge in [0.1, 0.15) is 5.60 Å². The van der Waals surface area contributed by atoms with E-state index in [9.17, 15) is 22.8 Å². The van der Waals surface area contributed by atoms with Gasteiger partial charge in [-0.15, -0.1) is 0 Å². The van der Waals surface area contributed by atoms with Gasteiger partial charge in [-0.2, -0.15) is 23.0 Å². The lowest BCUT2D eigenvalue weighted by Crippen LogP contribution is -2.41. The number of nitrogens with zero attached hydrogens (tertiary/aromatic N) is 4. The van der Waals surface area contributed by atoms with Crippen molar-refractivity contribution in [1.29, 1.82) is 0 Å². The van der Waals surface area contributed by atoms with Gasteiger partial charge in [0.25, 0.3) is 0 Å². The van der Waals surface area contributed by atoms with Crippen LogP contribution in [0.25, 0.3) is 0 Å². The highest BCUT2D eigenvalue weighted by Crippen LogP contribution is 2.28. The molecule has 1 aliphatic rings. The summed E-state index contributed by atoms with van der Waals surface area (Å²) in [5.41, 5.74) is -1.60. The summed E-state index contributed by atoms with van der Waals surface area (Å²) < 4.78 is 43.8. The highest BCUT2D eigenvalue weighted by Gasteiger charge is 2.33. The van der Waals surface area contributed by atoms with E-state index in [1.807, 2.05) is 0 Å². The first-order chi connectivity index (χ1) is 11.5. The second-order valence-electron chi connectivity index (χ2n) is 6.76. The fraction of sp³-hybridized carbons (Fsp3) is 0.667. The maximum Gasteiger partial charge on any atom is 0.419 e. The van der Waals surface area contributed by atoms with Gasteiger partial charge in [0.2, 0.25) is 0 Å². The third kappa shape index (κ3) is 5.10. The SMILES string of the molecule is CC(C)(C)OC(=O)N1CCCN(C(=O)n2cc(C(F)(F)F)cn2)CC1. The maximum atomic E-state index is 12.6. The molecule has 0 spiro atoms. The van der Waals surface area contributed by atoms with Crippen molar-refractivity contribution in [1.82, 2.24) is 19.6 Å². The number of hydrogen-bond donors (Lipinski definition) is 0. The molecule has 1 fully saturated rings. The van der Waals surface area contributed by atoms with Crippen LogP contribution in [0, 0.1) is 0 Å². The van der Waals surface area contributed by atoms with Crippen LogP contribution in [0.4, 0.5) is 22.8 Å². The first-order valence-electron chi connectivity index (χ1n) is 7.86. The molecule has 0 aromatic carbocycles. The standard InChI is InChI=1S/C15H21F3N4O3/c1-14(2,3)25-13(24)21-6-4-5-20(7-8-21)12(23)22-10-11(9-19-22)15(16,17)18/h9-10H,4-8H2,1-3H3. The van der Waals surface area contributed by atoms with Crippen molar-refractivity contribution in [3.05, 3.63) is 18.0 Å². The van der Waals surface area contributed by atoms with Crippen LogP contribution in [0.5, 0.6) is 0 Å². The first-order valence-corrected chi connectivity index (χ1v) is 7.86. The van der Waals surface area contributed by atoms with Crippen molar-refractivity contribution in [2.75, 3.05) is 26.2 Å². The Labute approximate surface area is 143 Å². The minimum absolute atomic E-state index is 0.194. The first kappa shape index (κ1) is 19.1. The number of carbonyl (C=O) groups is 2. The molecule has 2 heterocycles. The van der Waals surface area contributed by atoms with E-state index in [1.54, 1.807) is 20.8 Å². The molecular weight excluding hydrogens is 341 g/mol. The molecule has 1 aliphatic heterocycles. The van der Waals surface area contributed by atoms with E-state index in [2.05, 4.69) is 5.10 Å². The third-order valence-corrected chi connectivity index (χ3v) is 3.52. The monoisotopic (exact) mass is 362 g/mol. The Morgan fingerprint density at radius 2 is 1.68 bits per heavy atom. The van der Waals surface area contributed by atoms with Crippen molar-refractivity contribution in [2.45, 2.75) is 39.0 Å². The maximum absolute atomic E-state index is 12.6. The second-order valence-corrected chi connectivity index (χ2v) is 6.76. The van der Waals surface area contributed by atoms with Crippen LogP contribution < -0.4 is 0 Å². The summed E-state index contributed by atoms with van der Waals surface area (Å²) in [6, 6.07) is -0.651. The van der Waals surface area contributed by atoms with Crippen molar-refractivity contribution in [3.63, 3.8) is 0 Å². The highest BCUT2D eigenvalue weighted by molar-refractivity contribution is 5.76. The Morgan fingerprint density at radius 1 is 1.08 bits per heavy atom. The molecule has 1 aromatic heterocycles. The van der Waals surface area contributed by atoms with Crippen molar-refractivity contribution >= 4 is 12.1 Å². The van der Waals surface area contributed by atoms with Crippen molar-refractivity contribution in [3.8, 4) is 0 Å². The lowest BCUT2D eigenvalue weighted by molar-refractivity contribution is -0.137. The molecule has 0 N–H and O–H groups in total.